The highest BCUT2D eigenvalue weighted by Gasteiger charge is 2.16. The third kappa shape index (κ3) is 4.46. The van der Waals surface area contributed by atoms with Crippen molar-refractivity contribution in [3.8, 4) is 28.6 Å². The molecule has 0 N–H and O–H groups in total. The number of ether oxygens (including phenoxy) is 2. The largest absolute Gasteiger partial charge is 0.497 e. The lowest BCUT2D eigenvalue weighted by molar-refractivity contribution is 0.325. The molecule has 0 aliphatic rings. The van der Waals surface area contributed by atoms with E-state index in [0.29, 0.717) is 12.4 Å². The van der Waals surface area contributed by atoms with Gasteiger partial charge in [-0.05, 0) is 36.4 Å². The molecule has 4 rings (SSSR count). The molecule has 0 saturated carbocycles. The van der Waals surface area contributed by atoms with E-state index in [2.05, 4.69) is 10.2 Å². The second-order valence-electron chi connectivity index (χ2n) is 6.34. The first kappa shape index (κ1) is 20.0. The smallest absolute Gasteiger partial charge is 0.196 e. The van der Waals surface area contributed by atoms with Crippen LogP contribution in [-0.4, -0.2) is 34.2 Å². The van der Waals surface area contributed by atoms with Crippen molar-refractivity contribution in [2.75, 3.05) is 19.5 Å². The monoisotopic (exact) mass is 421 g/mol. The number of nitrogens with zero attached hydrogens (tertiary/aromatic N) is 3. The predicted octanol–water partition coefficient (Wildman–Crippen LogP) is 5.25. The summed E-state index contributed by atoms with van der Waals surface area (Å²) in [6, 6.07) is 24.0. The molecule has 0 amide bonds. The van der Waals surface area contributed by atoms with Crippen LogP contribution in [0.2, 0.25) is 0 Å². The van der Waals surface area contributed by atoms with Crippen LogP contribution in [0.15, 0.2) is 84.0 Å². The Morgan fingerprint density at radius 1 is 0.933 bits per heavy atom. The summed E-state index contributed by atoms with van der Waals surface area (Å²) in [5, 5.41) is 9.55. The zero-order valence-electron chi connectivity index (χ0n) is 16.4. The summed E-state index contributed by atoms with van der Waals surface area (Å²) in [5.74, 6) is 1.95. The van der Waals surface area contributed by atoms with E-state index in [1.807, 2.05) is 59.2 Å². The lowest BCUT2D eigenvalue weighted by atomic mass is 10.2. The van der Waals surface area contributed by atoms with E-state index in [-0.39, 0.29) is 11.6 Å². The number of benzene rings is 3. The molecule has 7 heteroatoms. The number of rotatable bonds is 8. The lowest BCUT2D eigenvalue weighted by Gasteiger charge is -2.11. The van der Waals surface area contributed by atoms with Gasteiger partial charge in [0, 0.05) is 17.0 Å². The maximum absolute atomic E-state index is 13.7. The Balaban J connectivity index is 1.57. The van der Waals surface area contributed by atoms with Gasteiger partial charge in [0.1, 0.15) is 5.75 Å². The normalized spacial score (nSPS) is 10.7. The van der Waals surface area contributed by atoms with E-state index >= 15 is 0 Å². The summed E-state index contributed by atoms with van der Waals surface area (Å²) < 4.78 is 26.6. The highest BCUT2D eigenvalue weighted by Crippen LogP contribution is 2.29. The first-order chi connectivity index (χ1) is 14.8. The average Bonchev–Trinajstić information content (AvgIpc) is 3.22. The van der Waals surface area contributed by atoms with Crippen molar-refractivity contribution in [3.05, 3.63) is 84.7 Å². The third-order valence-corrected chi connectivity index (χ3v) is 5.28. The van der Waals surface area contributed by atoms with Gasteiger partial charge in [0.05, 0.1) is 13.7 Å². The molecule has 0 radical (unpaired) electrons. The fraction of sp³-hybridized carbons (Fsp3) is 0.130. The first-order valence-electron chi connectivity index (χ1n) is 9.41. The van der Waals surface area contributed by atoms with Gasteiger partial charge in [-0.3, -0.25) is 4.57 Å². The Kier molecular flexibility index (Phi) is 6.29. The van der Waals surface area contributed by atoms with Crippen LogP contribution >= 0.6 is 11.8 Å². The summed E-state index contributed by atoms with van der Waals surface area (Å²) in [6.45, 7) is 0.349. The molecule has 0 aliphatic carbocycles. The quantitative estimate of drug-likeness (QED) is 0.287. The standard InChI is InChI=1S/C23H20FN3O2S/c1-28-19-11-7-8-17(16-19)22-25-26-23(27(22)18-9-3-2-4-10-18)30-15-14-29-21-13-6-5-12-20(21)24/h2-13,16H,14-15H2,1H3. The van der Waals surface area contributed by atoms with Gasteiger partial charge in [-0.2, -0.15) is 0 Å². The van der Waals surface area contributed by atoms with Gasteiger partial charge in [0.2, 0.25) is 0 Å². The second-order valence-corrected chi connectivity index (χ2v) is 7.40. The first-order valence-corrected chi connectivity index (χ1v) is 10.4. The molecule has 3 aromatic carbocycles. The van der Waals surface area contributed by atoms with Crippen molar-refractivity contribution in [3.63, 3.8) is 0 Å². The number of hydrogen-bond donors (Lipinski definition) is 0. The Bertz CT molecular complexity index is 1120. The van der Waals surface area contributed by atoms with E-state index in [4.69, 9.17) is 9.47 Å². The number of hydrogen-bond acceptors (Lipinski definition) is 5. The number of halogens is 1. The second kappa shape index (κ2) is 9.45. The minimum absolute atomic E-state index is 0.250. The number of aromatic nitrogens is 3. The summed E-state index contributed by atoms with van der Waals surface area (Å²) in [7, 11) is 1.64. The zero-order chi connectivity index (χ0) is 20.8. The fourth-order valence-electron chi connectivity index (χ4n) is 2.97. The molecule has 0 bridgehead atoms. The molecule has 1 aromatic heterocycles. The fourth-order valence-corrected chi connectivity index (χ4v) is 3.74. The van der Waals surface area contributed by atoms with Crippen LogP contribution in [0.3, 0.4) is 0 Å². The minimum atomic E-state index is -0.365. The summed E-state index contributed by atoms with van der Waals surface area (Å²) in [5.41, 5.74) is 1.86. The average molecular weight is 421 g/mol. The molecule has 152 valence electrons. The van der Waals surface area contributed by atoms with Gasteiger partial charge < -0.3 is 9.47 Å². The third-order valence-electron chi connectivity index (χ3n) is 4.38. The van der Waals surface area contributed by atoms with Gasteiger partial charge in [-0.25, -0.2) is 4.39 Å². The van der Waals surface area contributed by atoms with Crippen molar-refractivity contribution < 1.29 is 13.9 Å². The summed E-state index contributed by atoms with van der Waals surface area (Å²) in [6.07, 6.45) is 0. The highest BCUT2D eigenvalue weighted by molar-refractivity contribution is 7.99. The van der Waals surface area contributed by atoms with Crippen LogP contribution in [0.4, 0.5) is 4.39 Å². The molecule has 5 nitrogen and oxygen atoms in total. The van der Waals surface area contributed by atoms with Crippen LogP contribution in [0.1, 0.15) is 0 Å². The van der Waals surface area contributed by atoms with Crippen LogP contribution in [0.5, 0.6) is 11.5 Å². The molecular formula is C23H20FN3O2S. The van der Waals surface area contributed by atoms with Crippen molar-refractivity contribution in [2.24, 2.45) is 0 Å². The molecule has 0 saturated heterocycles. The van der Waals surface area contributed by atoms with Gasteiger partial charge in [0.15, 0.2) is 22.5 Å². The van der Waals surface area contributed by atoms with E-state index in [1.165, 1.54) is 17.8 Å². The van der Waals surface area contributed by atoms with Crippen LogP contribution < -0.4 is 9.47 Å². The van der Waals surface area contributed by atoms with Gasteiger partial charge in [-0.1, -0.05) is 54.2 Å². The molecule has 0 spiro atoms. The molecule has 0 atom stereocenters. The van der Waals surface area contributed by atoms with Crippen molar-refractivity contribution >= 4 is 11.8 Å². The maximum atomic E-state index is 13.7. The molecule has 0 aliphatic heterocycles. The van der Waals surface area contributed by atoms with Crippen molar-refractivity contribution in [1.82, 2.24) is 14.8 Å². The molecule has 1 heterocycles. The van der Waals surface area contributed by atoms with Gasteiger partial charge in [0.25, 0.3) is 0 Å². The van der Waals surface area contributed by atoms with Gasteiger partial charge >= 0.3 is 0 Å². The molecule has 30 heavy (non-hydrogen) atoms. The number of para-hydroxylation sites is 2. The predicted molar refractivity (Wildman–Crippen MR) is 116 cm³/mol. The minimum Gasteiger partial charge on any atom is -0.497 e. The van der Waals surface area contributed by atoms with E-state index in [9.17, 15) is 4.39 Å². The van der Waals surface area contributed by atoms with Crippen molar-refractivity contribution in [2.45, 2.75) is 5.16 Å². The number of methoxy groups -OCH3 is 1. The molecular weight excluding hydrogens is 401 g/mol. The Hall–Kier alpha value is -3.32. The summed E-state index contributed by atoms with van der Waals surface area (Å²) in [4.78, 5) is 0. The SMILES string of the molecule is COc1cccc(-c2nnc(SCCOc3ccccc3F)n2-c2ccccc2)c1. The zero-order valence-corrected chi connectivity index (χ0v) is 17.2. The van der Waals surface area contributed by atoms with E-state index in [1.54, 1.807) is 25.3 Å². The Morgan fingerprint density at radius 2 is 1.73 bits per heavy atom. The van der Waals surface area contributed by atoms with Crippen LogP contribution in [-0.2, 0) is 0 Å². The van der Waals surface area contributed by atoms with Crippen LogP contribution in [0.25, 0.3) is 17.1 Å². The Morgan fingerprint density at radius 3 is 2.53 bits per heavy atom. The van der Waals surface area contributed by atoms with Gasteiger partial charge in [-0.15, -0.1) is 10.2 Å². The van der Waals surface area contributed by atoms with E-state index < -0.39 is 0 Å². The maximum Gasteiger partial charge on any atom is 0.196 e. The summed E-state index contributed by atoms with van der Waals surface area (Å²) >= 11 is 1.50. The Labute approximate surface area is 178 Å². The number of thioether (sulfide) groups is 1. The lowest BCUT2D eigenvalue weighted by Crippen LogP contribution is -2.04. The van der Waals surface area contributed by atoms with Crippen LogP contribution in [0, 0.1) is 5.82 Å². The molecule has 4 aromatic rings. The topological polar surface area (TPSA) is 49.2 Å². The van der Waals surface area contributed by atoms with E-state index in [0.717, 1.165) is 28.0 Å². The molecule has 0 fully saturated rings. The highest BCUT2D eigenvalue weighted by atomic mass is 32.2. The molecule has 0 unspecified atom stereocenters. The van der Waals surface area contributed by atoms with Crippen molar-refractivity contribution in [1.29, 1.82) is 0 Å².